The molecular formula is C39H56. The van der Waals surface area contributed by atoms with Gasteiger partial charge in [-0.25, -0.2) is 0 Å². The van der Waals surface area contributed by atoms with Crippen molar-refractivity contribution in [1.29, 1.82) is 0 Å². The van der Waals surface area contributed by atoms with Crippen molar-refractivity contribution in [3.63, 3.8) is 0 Å². The number of allylic oxidation sites excluding steroid dienone is 1. The van der Waals surface area contributed by atoms with Crippen molar-refractivity contribution >= 4 is 0 Å². The number of aryl methyl sites for hydroxylation is 2. The van der Waals surface area contributed by atoms with Crippen molar-refractivity contribution in [3.8, 4) is 11.8 Å². The van der Waals surface area contributed by atoms with Crippen LogP contribution in [0.3, 0.4) is 0 Å². The summed E-state index contributed by atoms with van der Waals surface area (Å²) in [6, 6.07) is 17.8. The van der Waals surface area contributed by atoms with Gasteiger partial charge in [0, 0.05) is 11.1 Å². The summed E-state index contributed by atoms with van der Waals surface area (Å²) in [4.78, 5) is 0. The molecular weight excluding hydrogens is 468 g/mol. The topological polar surface area (TPSA) is 0 Å². The summed E-state index contributed by atoms with van der Waals surface area (Å²) in [7, 11) is 0. The Morgan fingerprint density at radius 2 is 1.08 bits per heavy atom. The van der Waals surface area contributed by atoms with Crippen molar-refractivity contribution in [2.24, 2.45) is 11.8 Å². The highest BCUT2D eigenvalue weighted by Gasteiger charge is 2.20. The molecule has 0 atom stereocenters. The molecule has 39 heavy (non-hydrogen) atoms. The first-order valence-corrected chi connectivity index (χ1v) is 16.6. The molecule has 1 fully saturated rings. The molecule has 212 valence electrons. The van der Waals surface area contributed by atoms with Gasteiger partial charge in [-0.15, -0.1) is 6.58 Å². The fraction of sp³-hybridized carbons (Fsp3) is 0.590. The summed E-state index contributed by atoms with van der Waals surface area (Å²) < 4.78 is 0. The van der Waals surface area contributed by atoms with Crippen LogP contribution in [0, 0.1) is 23.7 Å². The van der Waals surface area contributed by atoms with Crippen LogP contribution in [0.25, 0.3) is 0 Å². The molecule has 3 rings (SSSR count). The molecule has 0 N–H and O–H groups in total. The SMILES string of the molecule is C=CCCCCCc1ccc(C#Cc2ccc(CCC3CCC(CCCCCCCCCC)CC3)cc2)cc1. The fourth-order valence-corrected chi connectivity index (χ4v) is 6.19. The zero-order chi connectivity index (χ0) is 27.4. The smallest absolute Gasteiger partial charge is 0.0249 e. The first-order chi connectivity index (χ1) is 19.3. The van der Waals surface area contributed by atoms with Gasteiger partial charge in [0.2, 0.25) is 0 Å². The highest BCUT2D eigenvalue weighted by atomic mass is 14.3. The van der Waals surface area contributed by atoms with E-state index in [0.29, 0.717) is 0 Å². The summed E-state index contributed by atoms with van der Waals surface area (Å²) in [5.74, 6) is 8.67. The van der Waals surface area contributed by atoms with Crippen LogP contribution < -0.4 is 0 Å². The van der Waals surface area contributed by atoms with E-state index in [1.165, 1.54) is 127 Å². The number of unbranched alkanes of at least 4 members (excludes halogenated alkanes) is 10. The van der Waals surface area contributed by atoms with E-state index in [-0.39, 0.29) is 0 Å². The maximum Gasteiger partial charge on any atom is 0.0249 e. The maximum atomic E-state index is 3.80. The molecule has 0 heteroatoms. The van der Waals surface area contributed by atoms with Crippen LogP contribution >= 0.6 is 0 Å². The van der Waals surface area contributed by atoms with E-state index < -0.39 is 0 Å². The minimum Gasteiger partial charge on any atom is -0.103 e. The van der Waals surface area contributed by atoms with Crippen molar-refractivity contribution in [1.82, 2.24) is 0 Å². The monoisotopic (exact) mass is 524 g/mol. The zero-order valence-electron chi connectivity index (χ0n) is 25.2. The molecule has 1 aliphatic rings. The van der Waals surface area contributed by atoms with Gasteiger partial charge in [0.15, 0.2) is 0 Å². The average molecular weight is 525 g/mol. The van der Waals surface area contributed by atoms with E-state index in [1.54, 1.807) is 0 Å². The van der Waals surface area contributed by atoms with Crippen LogP contribution in [-0.4, -0.2) is 0 Å². The van der Waals surface area contributed by atoms with E-state index in [9.17, 15) is 0 Å². The summed E-state index contributed by atoms with van der Waals surface area (Å²) in [6.45, 7) is 6.11. The lowest BCUT2D eigenvalue weighted by Crippen LogP contribution is -2.15. The van der Waals surface area contributed by atoms with E-state index >= 15 is 0 Å². The van der Waals surface area contributed by atoms with E-state index in [4.69, 9.17) is 0 Å². The van der Waals surface area contributed by atoms with Crippen molar-refractivity contribution < 1.29 is 0 Å². The quantitative estimate of drug-likeness (QED) is 0.103. The molecule has 1 saturated carbocycles. The predicted molar refractivity (Wildman–Crippen MR) is 172 cm³/mol. The van der Waals surface area contributed by atoms with Gasteiger partial charge >= 0.3 is 0 Å². The molecule has 1 aliphatic carbocycles. The Morgan fingerprint density at radius 3 is 1.64 bits per heavy atom. The molecule has 0 bridgehead atoms. The third-order valence-corrected chi connectivity index (χ3v) is 8.91. The van der Waals surface area contributed by atoms with E-state index in [2.05, 4.69) is 73.9 Å². The second kappa shape index (κ2) is 19.7. The van der Waals surface area contributed by atoms with Crippen molar-refractivity contribution in [2.75, 3.05) is 0 Å². The molecule has 0 heterocycles. The number of hydrogen-bond donors (Lipinski definition) is 0. The van der Waals surface area contributed by atoms with Gasteiger partial charge in [-0.05, 0) is 85.8 Å². The van der Waals surface area contributed by atoms with Crippen LogP contribution in [0.4, 0.5) is 0 Å². The lowest BCUT2D eigenvalue weighted by atomic mass is 9.77. The van der Waals surface area contributed by atoms with Crippen LogP contribution in [0.15, 0.2) is 61.2 Å². The van der Waals surface area contributed by atoms with Gasteiger partial charge in [-0.3, -0.25) is 0 Å². The number of benzene rings is 2. The second-order valence-electron chi connectivity index (χ2n) is 12.2. The minimum absolute atomic E-state index is 0.939. The third kappa shape index (κ3) is 13.6. The van der Waals surface area contributed by atoms with Gasteiger partial charge in [0.25, 0.3) is 0 Å². The van der Waals surface area contributed by atoms with Crippen LogP contribution in [0.1, 0.15) is 145 Å². The Balaban J connectivity index is 1.28. The van der Waals surface area contributed by atoms with Crippen LogP contribution in [-0.2, 0) is 12.8 Å². The normalized spacial score (nSPS) is 16.9. The first-order valence-electron chi connectivity index (χ1n) is 16.6. The lowest BCUT2D eigenvalue weighted by Gasteiger charge is -2.28. The van der Waals surface area contributed by atoms with E-state index in [0.717, 1.165) is 35.8 Å². The van der Waals surface area contributed by atoms with Crippen molar-refractivity contribution in [3.05, 3.63) is 83.4 Å². The van der Waals surface area contributed by atoms with Gasteiger partial charge in [0.05, 0.1) is 0 Å². The Labute approximate surface area is 242 Å². The molecule has 0 unspecified atom stereocenters. The third-order valence-electron chi connectivity index (χ3n) is 8.91. The summed E-state index contributed by atoms with van der Waals surface area (Å²) in [5, 5.41) is 0. The summed E-state index contributed by atoms with van der Waals surface area (Å²) in [6.07, 6.45) is 29.6. The number of hydrogen-bond acceptors (Lipinski definition) is 0. The largest absolute Gasteiger partial charge is 0.103 e. The molecule has 0 aliphatic heterocycles. The van der Waals surface area contributed by atoms with Gasteiger partial charge < -0.3 is 0 Å². The fourth-order valence-electron chi connectivity index (χ4n) is 6.19. The molecule has 2 aromatic carbocycles. The second-order valence-corrected chi connectivity index (χ2v) is 12.2. The van der Waals surface area contributed by atoms with Gasteiger partial charge in [-0.2, -0.15) is 0 Å². The van der Waals surface area contributed by atoms with E-state index in [1.807, 2.05) is 6.08 Å². The summed E-state index contributed by atoms with van der Waals surface area (Å²) >= 11 is 0. The molecule has 0 spiro atoms. The average Bonchev–Trinajstić information content (AvgIpc) is 2.98. The highest BCUT2D eigenvalue weighted by Crippen LogP contribution is 2.34. The van der Waals surface area contributed by atoms with Crippen LogP contribution in [0.5, 0.6) is 0 Å². The molecule has 0 amide bonds. The Kier molecular flexibility index (Phi) is 15.8. The van der Waals surface area contributed by atoms with Crippen LogP contribution in [0.2, 0.25) is 0 Å². The lowest BCUT2D eigenvalue weighted by molar-refractivity contribution is 0.248. The standard InChI is InChI=1S/C39H56/c1-3-5-7-9-10-11-13-15-17-35-20-24-37(25-21-35)27-29-39-32-30-38(31-33-39)28-26-36-22-18-34(19-23-36)16-14-12-8-6-4-2/h4,18-19,22-23,30-33,35,37H,2-3,5-17,20-21,24-25,27,29H2,1H3. The van der Waals surface area contributed by atoms with Crippen molar-refractivity contribution in [2.45, 2.75) is 135 Å². The maximum absolute atomic E-state index is 3.80. The molecule has 0 radical (unpaired) electrons. The molecule has 0 aromatic heterocycles. The predicted octanol–water partition coefficient (Wildman–Crippen LogP) is 11.6. The van der Waals surface area contributed by atoms with Gasteiger partial charge in [-0.1, -0.05) is 139 Å². The molecule has 0 nitrogen and oxygen atoms in total. The Bertz CT molecular complexity index is 944. The zero-order valence-corrected chi connectivity index (χ0v) is 25.2. The van der Waals surface area contributed by atoms with Gasteiger partial charge in [0.1, 0.15) is 0 Å². The molecule has 0 saturated heterocycles. The summed E-state index contributed by atoms with van der Waals surface area (Å²) in [5.41, 5.74) is 5.11. The Morgan fingerprint density at radius 1 is 0.590 bits per heavy atom. The first kappa shape index (κ1) is 31.3. The Hall–Kier alpha value is -2.26. The number of rotatable bonds is 18. The highest BCUT2D eigenvalue weighted by molar-refractivity contribution is 5.44. The molecule has 2 aromatic rings. The minimum atomic E-state index is 0.939.